The Labute approximate surface area is 57.5 Å². The summed E-state index contributed by atoms with van der Waals surface area (Å²) >= 11 is 0.0246. The van der Waals surface area contributed by atoms with Gasteiger partial charge in [0.05, 0.1) is 0 Å². The number of alkyl halides is 1. The Kier molecular flexibility index (Phi) is 1.77. The number of tetrazole rings is 1. The van der Waals surface area contributed by atoms with Crippen molar-refractivity contribution in [1.29, 1.82) is 0 Å². The quantitative estimate of drug-likeness (QED) is 0.362. The van der Waals surface area contributed by atoms with Crippen LogP contribution in [-0.2, 0) is 7.05 Å². The van der Waals surface area contributed by atoms with Crippen LogP contribution in [0.15, 0.2) is 0 Å². The molecule has 0 radical (unpaired) electrons. The standard InChI is InChI=1S/C3H6IN4/c1-4-3-5-7-8(2)6-3/h1-2H3/q-1. The number of hydrogen-bond acceptors (Lipinski definition) is 3. The van der Waals surface area contributed by atoms with E-state index in [0.717, 1.165) is 3.83 Å². The Hall–Kier alpha value is -0.200. The molecule has 0 N–H and O–H groups in total. The predicted molar refractivity (Wildman–Crippen MR) is 23.4 cm³/mol. The molecule has 0 saturated carbocycles. The van der Waals surface area contributed by atoms with Crippen molar-refractivity contribution in [2.75, 3.05) is 4.93 Å². The molecule has 0 aliphatic carbocycles. The number of hydrogen-bond donors (Lipinski definition) is 0. The van der Waals surface area contributed by atoms with Crippen LogP contribution in [0.25, 0.3) is 0 Å². The Bertz CT molecular complexity index is 172. The number of nitrogens with zero attached hydrogens (tertiary/aromatic N) is 4. The van der Waals surface area contributed by atoms with E-state index in [2.05, 4.69) is 20.3 Å². The molecule has 46 valence electrons. The predicted octanol–water partition coefficient (Wildman–Crippen LogP) is -3.90. The monoisotopic (exact) mass is 225 g/mol. The first-order valence-electron chi connectivity index (χ1n) is 2.06. The van der Waals surface area contributed by atoms with Gasteiger partial charge in [-0.05, 0) is 0 Å². The first kappa shape index (κ1) is 5.93. The fourth-order valence-electron chi connectivity index (χ4n) is 0.337. The van der Waals surface area contributed by atoms with Gasteiger partial charge in [-0.15, -0.1) is 0 Å². The van der Waals surface area contributed by atoms with Crippen LogP contribution in [0.2, 0.25) is 0 Å². The van der Waals surface area contributed by atoms with Crippen molar-refractivity contribution in [2.45, 2.75) is 0 Å². The molecule has 1 heterocycles. The first-order chi connectivity index (χ1) is 3.83. The number of aromatic nitrogens is 4. The SMILES string of the molecule is C[I-]c1nnn(C)n1. The van der Waals surface area contributed by atoms with E-state index in [-0.39, 0.29) is 21.2 Å². The minimum atomic E-state index is 0.0246. The Morgan fingerprint density at radius 1 is 1.62 bits per heavy atom. The molecule has 0 aliphatic rings. The van der Waals surface area contributed by atoms with Crippen LogP contribution in [0, 0.1) is 3.83 Å². The molecule has 0 unspecified atom stereocenters. The Morgan fingerprint density at radius 3 is 2.62 bits per heavy atom. The molecule has 0 fully saturated rings. The molecular formula is C3H6IN4-. The van der Waals surface area contributed by atoms with Crippen LogP contribution in [0.3, 0.4) is 0 Å². The van der Waals surface area contributed by atoms with E-state index in [1.54, 1.807) is 7.05 Å². The van der Waals surface area contributed by atoms with Crippen LogP contribution >= 0.6 is 0 Å². The molecule has 0 saturated heterocycles. The third kappa shape index (κ3) is 1.15. The zero-order valence-corrected chi connectivity index (χ0v) is 6.82. The van der Waals surface area contributed by atoms with Gasteiger partial charge in [0.15, 0.2) is 0 Å². The summed E-state index contributed by atoms with van der Waals surface area (Å²) in [6.07, 6.45) is 0. The third-order valence-electron chi connectivity index (χ3n) is 0.653. The molecule has 1 rings (SSSR count). The van der Waals surface area contributed by atoms with Gasteiger partial charge in [0.25, 0.3) is 0 Å². The maximum absolute atomic E-state index is 3.97. The zero-order chi connectivity index (χ0) is 5.98. The van der Waals surface area contributed by atoms with Crippen LogP contribution in [0.4, 0.5) is 0 Å². The molecule has 5 heteroatoms. The van der Waals surface area contributed by atoms with E-state index in [0.29, 0.717) is 0 Å². The summed E-state index contributed by atoms with van der Waals surface area (Å²) in [6, 6.07) is 0. The van der Waals surface area contributed by atoms with E-state index in [4.69, 9.17) is 0 Å². The molecule has 0 spiro atoms. The van der Waals surface area contributed by atoms with Gasteiger partial charge >= 0.3 is 57.2 Å². The summed E-state index contributed by atoms with van der Waals surface area (Å²) < 4.78 is 0.909. The van der Waals surface area contributed by atoms with Crippen LogP contribution in [0.5, 0.6) is 0 Å². The van der Waals surface area contributed by atoms with E-state index in [1.807, 2.05) is 0 Å². The summed E-state index contributed by atoms with van der Waals surface area (Å²) in [4.78, 5) is 3.59. The summed E-state index contributed by atoms with van der Waals surface area (Å²) in [5.74, 6) is 0. The second kappa shape index (κ2) is 2.38. The van der Waals surface area contributed by atoms with Crippen molar-refractivity contribution >= 4 is 0 Å². The van der Waals surface area contributed by atoms with Crippen molar-refractivity contribution in [3.63, 3.8) is 0 Å². The average Bonchev–Trinajstić information content (AvgIpc) is 2.14. The van der Waals surface area contributed by atoms with Gasteiger partial charge in [0, 0.05) is 0 Å². The first-order valence-corrected chi connectivity index (χ1v) is 5.30. The fraction of sp³-hybridized carbons (Fsp3) is 0.667. The van der Waals surface area contributed by atoms with E-state index < -0.39 is 0 Å². The number of rotatable bonds is 1. The van der Waals surface area contributed by atoms with Crippen molar-refractivity contribution in [3.05, 3.63) is 3.83 Å². The van der Waals surface area contributed by atoms with Crippen LogP contribution < -0.4 is 21.2 Å². The van der Waals surface area contributed by atoms with E-state index in [9.17, 15) is 0 Å². The molecule has 0 aliphatic heterocycles. The van der Waals surface area contributed by atoms with Crippen molar-refractivity contribution in [3.8, 4) is 0 Å². The molecular weight excluding hydrogens is 219 g/mol. The second-order valence-corrected chi connectivity index (χ2v) is 3.28. The fourth-order valence-corrected chi connectivity index (χ4v) is 1.18. The third-order valence-corrected chi connectivity index (χ3v) is 2.05. The van der Waals surface area contributed by atoms with Crippen molar-refractivity contribution in [2.24, 2.45) is 7.05 Å². The van der Waals surface area contributed by atoms with Gasteiger partial charge in [0.1, 0.15) is 0 Å². The summed E-state index contributed by atoms with van der Waals surface area (Å²) in [6.45, 7) is 0. The number of halogens is 1. The van der Waals surface area contributed by atoms with Gasteiger partial charge in [-0.3, -0.25) is 0 Å². The van der Waals surface area contributed by atoms with Crippen molar-refractivity contribution in [1.82, 2.24) is 20.2 Å². The molecule has 8 heavy (non-hydrogen) atoms. The van der Waals surface area contributed by atoms with Gasteiger partial charge in [0.2, 0.25) is 0 Å². The van der Waals surface area contributed by atoms with Gasteiger partial charge in [-0.25, -0.2) is 0 Å². The van der Waals surface area contributed by atoms with E-state index >= 15 is 0 Å². The molecule has 1 aromatic rings. The van der Waals surface area contributed by atoms with Gasteiger partial charge in [-0.1, -0.05) is 0 Å². The van der Waals surface area contributed by atoms with Crippen molar-refractivity contribution < 1.29 is 21.2 Å². The Morgan fingerprint density at radius 2 is 2.38 bits per heavy atom. The zero-order valence-electron chi connectivity index (χ0n) is 4.67. The number of aryl methyl sites for hydroxylation is 1. The summed E-state index contributed by atoms with van der Waals surface area (Å²) in [5, 5.41) is 11.4. The molecule has 0 amide bonds. The summed E-state index contributed by atoms with van der Waals surface area (Å²) in [5.41, 5.74) is 0. The molecule has 0 aromatic carbocycles. The summed E-state index contributed by atoms with van der Waals surface area (Å²) in [7, 11) is 1.77. The van der Waals surface area contributed by atoms with Crippen LogP contribution in [0.1, 0.15) is 0 Å². The van der Waals surface area contributed by atoms with Gasteiger partial charge < -0.3 is 0 Å². The molecule has 1 aromatic heterocycles. The van der Waals surface area contributed by atoms with E-state index in [1.165, 1.54) is 4.80 Å². The molecule has 0 bridgehead atoms. The normalized spacial score (nSPS) is 10.2. The molecule has 0 atom stereocenters. The molecule has 4 nitrogen and oxygen atoms in total. The minimum absolute atomic E-state index is 0.0246. The maximum atomic E-state index is 3.97. The topological polar surface area (TPSA) is 43.6 Å². The average molecular weight is 225 g/mol. The van der Waals surface area contributed by atoms with Gasteiger partial charge in [-0.2, -0.15) is 0 Å². The Balaban J connectivity index is 2.84. The second-order valence-electron chi connectivity index (χ2n) is 1.24. The van der Waals surface area contributed by atoms with Crippen LogP contribution in [-0.4, -0.2) is 25.1 Å².